The van der Waals surface area contributed by atoms with Gasteiger partial charge < -0.3 is 4.90 Å². The van der Waals surface area contributed by atoms with E-state index >= 15 is 0 Å². The van der Waals surface area contributed by atoms with E-state index in [1.807, 2.05) is 0 Å². The lowest BCUT2D eigenvalue weighted by Gasteiger charge is -2.29. The molecule has 4 aliphatic carbocycles. The maximum absolute atomic E-state index is 2.52. The Labute approximate surface area is 326 Å². The molecule has 0 fully saturated rings. The number of nitrogens with zero attached hydrogens (tertiary/aromatic N) is 1. The third-order valence-electron chi connectivity index (χ3n) is 14.3. The van der Waals surface area contributed by atoms with Crippen LogP contribution in [-0.4, -0.2) is 0 Å². The highest BCUT2D eigenvalue weighted by molar-refractivity contribution is 5.93. The molecule has 7 aromatic rings. The zero-order valence-electron chi connectivity index (χ0n) is 33.2. The topological polar surface area (TPSA) is 3.24 Å². The lowest BCUT2D eigenvalue weighted by molar-refractivity contribution is 0.652. The van der Waals surface area contributed by atoms with Gasteiger partial charge in [0.25, 0.3) is 0 Å². The van der Waals surface area contributed by atoms with Crippen LogP contribution in [0.2, 0.25) is 0 Å². The van der Waals surface area contributed by atoms with E-state index in [0.717, 1.165) is 0 Å². The first-order valence-corrected chi connectivity index (χ1v) is 20.0. The van der Waals surface area contributed by atoms with E-state index in [0.29, 0.717) is 0 Å². The minimum absolute atomic E-state index is 0.0281. The summed E-state index contributed by atoms with van der Waals surface area (Å²) in [4.78, 5) is 2.47. The molecule has 0 aliphatic heterocycles. The van der Waals surface area contributed by atoms with E-state index < -0.39 is 0 Å². The van der Waals surface area contributed by atoms with Gasteiger partial charge in [-0.2, -0.15) is 0 Å². The van der Waals surface area contributed by atoms with Gasteiger partial charge in [-0.3, -0.25) is 0 Å². The van der Waals surface area contributed by atoms with E-state index in [1.165, 1.54) is 106 Å². The van der Waals surface area contributed by atoms with Crippen molar-refractivity contribution in [3.05, 3.63) is 184 Å². The van der Waals surface area contributed by atoms with Gasteiger partial charge in [0.1, 0.15) is 0 Å². The molecule has 55 heavy (non-hydrogen) atoms. The summed E-state index contributed by atoms with van der Waals surface area (Å²) in [5, 5.41) is 0. The van der Waals surface area contributed by atoms with Gasteiger partial charge in [0.15, 0.2) is 0 Å². The van der Waals surface area contributed by atoms with Gasteiger partial charge in [0.2, 0.25) is 0 Å². The first kappa shape index (κ1) is 32.7. The molecule has 0 saturated heterocycles. The maximum Gasteiger partial charge on any atom is 0.0465 e. The molecule has 4 aliphatic rings. The SMILES string of the molecule is CC1(C)c2ccccc2-c2cc3c(cc21)-c1ccc(N(c2ccccc2)c2ccc4c(c2)C(C)(C)c2cc5c(cc2-4)C(C)(C)c2ccccc2-5)cc1C3(C)C. The summed E-state index contributed by atoms with van der Waals surface area (Å²) in [5.41, 5.74) is 25.6. The summed E-state index contributed by atoms with van der Waals surface area (Å²) >= 11 is 0. The fourth-order valence-corrected chi connectivity index (χ4v) is 11.1. The second-order valence-electron chi connectivity index (χ2n) is 18.6. The molecule has 0 radical (unpaired) electrons. The summed E-state index contributed by atoms with van der Waals surface area (Å²) in [7, 11) is 0. The number of anilines is 3. The number of para-hydroxylation sites is 1. The zero-order chi connectivity index (χ0) is 37.8. The average Bonchev–Trinajstić information content (AvgIpc) is 3.74. The quantitative estimate of drug-likeness (QED) is 0.177. The molecule has 0 atom stereocenters. The lowest BCUT2D eigenvalue weighted by atomic mass is 9.79. The first-order valence-electron chi connectivity index (χ1n) is 20.0. The predicted octanol–water partition coefficient (Wildman–Crippen LogP) is 14.4. The molecule has 7 aromatic carbocycles. The van der Waals surface area contributed by atoms with Gasteiger partial charge in [-0.05, 0) is 150 Å². The van der Waals surface area contributed by atoms with Crippen LogP contribution in [-0.2, 0) is 21.7 Å². The number of fused-ring (bicyclic) bond motifs is 12. The Balaban J connectivity index is 1.04. The Hall–Kier alpha value is -5.66. The van der Waals surface area contributed by atoms with Crippen LogP contribution in [0.5, 0.6) is 0 Å². The van der Waals surface area contributed by atoms with Crippen LogP contribution in [0.4, 0.5) is 17.1 Å². The molecule has 0 heterocycles. The average molecular weight is 710 g/mol. The maximum atomic E-state index is 2.52. The lowest BCUT2D eigenvalue weighted by Crippen LogP contribution is -2.18. The van der Waals surface area contributed by atoms with E-state index in [1.54, 1.807) is 0 Å². The van der Waals surface area contributed by atoms with Crippen LogP contribution >= 0.6 is 0 Å². The van der Waals surface area contributed by atoms with Crippen molar-refractivity contribution < 1.29 is 0 Å². The molecule has 0 unspecified atom stereocenters. The summed E-state index contributed by atoms with van der Waals surface area (Å²) in [6, 6.07) is 53.4. The van der Waals surface area contributed by atoms with Crippen LogP contribution in [0.15, 0.2) is 140 Å². The smallest absolute Gasteiger partial charge is 0.0465 e. The van der Waals surface area contributed by atoms with Gasteiger partial charge in [0, 0.05) is 38.7 Å². The van der Waals surface area contributed by atoms with E-state index in [9.17, 15) is 0 Å². The van der Waals surface area contributed by atoms with Crippen molar-refractivity contribution in [2.45, 2.75) is 77.0 Å². The molecule has 0 N–H and O–H groups in total. The Bertz CT molecular complexity index is 2630. The second kappa shape index (κ2) is 10.5. The van der Waals surface area contributed by atoms with Crippen molar-refractivity contribution in [1.29, 1.82) is 0 Å². The Morgan fingerprint density at radius 1 is 0.255 bits per heavy atom. The number of benzene rings is 7. The first-order chi connectivity index (χ1) is 26.3. The predicted molar refractivity (Wildman–Crippen MR) is 231 cm³/mol. The van der Waals surface area contributed by atoms with E-state index in [2.05, 4.69) is 200 Å². The van der Waals surface area contributed by atoms with Crippen molar-refractivity contribution in [2.24, 2.45) is 0 Å². The van der Waals surface area contributed by atoms with Gasteiger partial charge >= 0.3 is 0 Å². The summed E-state index contributed by atoms with van der Waals surface area (Å²) < 4.78 is 0. The zero-order valence-corrected chi connectivity index (χ0v) is 33.2. The molecular formula is C54H47N. The molecule has 1 heteroatoms. The van der Waals surface area contributed by atoms with Gasteiger partial charge in [-0.25, -0.2) is 0 Å². The van der Waals surface area contributed by atoms with Crippen molar-refractivity contribution in [3.8, 4) is 44.5 Å². The van der Waals surface area contributed by atoms with Crippen molar-refractivity contribution in [1.82, 2.24) is 0 Å². The van der Waals surface area contributed by atoms with Crippen LogP contribution in [0.3, 0.4) is 0 Å². The largest absolute Gasteiger partial charge is 0.310 e. The molecule has 1 nitrogen and oxygen atoms in total. The van der Waals surface area contributed by atoms with Crippen LogP contribution < -0.4 is 4.90 Å². The summed E-state index contributed by atoms with van der Waals surface area (Å²) in [6.45, 7) is 19.2. The molecule has 0 bridgehead atoms. The fraction of sp³-hybridized carbons (Fsp3) is 0.222. The molecule has 0 saturated carbocycles. The Kier molecular flexibility index (Phi) is 6.28. The minimum Gasteiger partial charge on any atom is -0.310 e. The summed E-state index contributed by atoms with van der Waals surface area (Å²) in [5.74, 6) is 0. The third-order valence-corrected chi connectivity index (χ3v) is 14.3. The van der Waals surface area contributed by atoms with Crippen LogP contribution in [0.1, 0.15) is 99.9 Å². The van der Waals surface area contributed by atoms with E-state index in [4.69, 9.17) is 0 Å². The summed E-state index contributed by atoms with van der Waals surface area (Å²) in [6.07, 6.45) is 0. The third kappa shape index (κ3) is 4.14. The molecule has 0 spiro atoms. The normalized spacial score (nSPS) is 17.3. The Morgan fingerprint density at radius 3 is 0.964 bits per heavy atom. The van der Waals surface area contributed by atoms with Crippen molar-refractivity contribution in [2.75, 3.05) is 4.90 Å². The molecular weight excluding hydrogens is 663 g/mol. The molecule has 0 amide bonds. The fourth-order valence-electron chi connectivity index (χ4n) is 11.1. The van der Waals surface area contributed by atoms with E-state index in [-0.39, 0.29) is 21.7 Å². The van der Waals surface area contributed by atoms with Crippen LogP contribution in [0.25, 0.3) is 44.5 Å². The molecule has 11 rings (SSSR count). The molecule has 0 aromatic heterocycles. The van der Waals surface area contributed by atoms with Crippen molar-refractivity contribution in [3.63, 3.8) is 0 Å². The standard InChI is InChI=1S/C54H47N/c1-51(2)43-20-14-12-18-35(43)39-28-49-41(30-47(39)51)37-24-22-33(26-45(37)53(49,5)6)55(32-16-10-9-11-17-32)34-23-25-38-42-31-48-40(29-50(42)54(7,8)46(38)27-34)36-19-13-15-21-44(36)52(48,3)4/h9-31H,1-8H3. The van der Waals surface area contributed by atoms with Gasteiger partial charge in [-0.15, -0.1) is 0 Å². The number of hydrogen-bond donors (Lipinski definition) is 0. The highest BCUT2D eigenvalue weighted by Crippen LogP contribution is 2.59. The minimum atomic E-state index is -0.145. The highest BCUT2D eigenvalue weighted by Gasteiger charge is 2.44. The van der Waals surface area contributed by atoms with Crippen molar-refractivity contribution >= 4 is 17.1 Å². The highest BCUT2D eigenvalue weighted by atomic mass is 15.1. The number of hydrogen-bond acceptors (Lipinski definition) is 1. The van der Waals surface area contributed by atoms with Crippen LogP contribution in [0, 0.1) is 0 Å². The van der Waals surface area contributed by atoms with Gasteiger partial charge in [0.05, 0.1) is 0 Å². The Morgan fingerprint density at radius 2 is 0.564 bits per heavy atom. The molecule has 268 valence electrons. The number of rotatable bonds is 3. The second-order valence-corrected chi connectivity index (χ2v) is 18.6. The monoisotopic (exact) mass is 709 g/mol. The van der Waals surface area contributed by atoms with Gasteiger partial charge in [-0.1, -0.05) is 134 Å².